The number of nitrogens with one attached hydrogen (secondary N) is 3. The van der Waals surface area contributed by atoms with Gasteiger partial charge in [0.1, 0.15) is 5.82 Å². The highest BCUT2D eigenvalue weighted by Gasteiger charge is 2.25. The van der Waals surface area contributed by atoms with Gasteiger partial charge >= 0.3 is 0 Å². The second kappa shape index (κ2) is 10.3. The monoisotopic (exact) mass is 428 g/mol. The number of hydrogen-bond donors (Lipinski definition) is 3. The van der Waals surface area contributed by atoms with Crippen LogP contribution in [0.3, 0.4) is 0 Å². The van der Waals surface area contributed by atoms with E-state index in [2.05, 4.69) is 34.3 Å². The number of aliphatic imine (C=N–C) groups is 1. The molecule has 3 rings (SSSR count). The molecule has 1 amide bonds. The third kappa shape index (κ3) is 5.21. The molecule has 7 nitrogen and oxygen atoms in total. The topological polar surface area (TPSA) is 85.4 Å². The normalized spacial score (nSPS) is 17.0. The van der Waals surface area contributed by atoms with Crippen molar-refractivity contribution in [2.24, 2.45) is 4.99 Å². The highest BCUT2D eigenvalue weighted by molar-refractivity contribution is 6.33. The van der Waals surface area contributed by atoms with Gasteiger partial charge in [-0.2, -0.15) is 5.10 Å². The summed E-state index contributed by atoms with van der Waals surface area (Å²) in [6, 6.07) is 7.45. The van der Waals surface area contributed by atoms with Gasteiger partial charge in [0.15, 0.2) is 0 Å². The van der Waals surface area contributed by atoms with Crippen LogP contribution in [0.1, 0.15) is 31.7 Å². The molecule has 0 bridgehead atoms. The smallest absolute Gasteiger partial charge is 0.241 e. The Bertz CT molecular complexity index is 922. The molecule has 3 N–H and O–H groups in total. The molecule has 0 aliphatic carbocycles. The Morgan fingerprint density at radius 3 is 2.97 bits per heavy atom. The SMILES string of the molecule is C=C(CC)C(=NC1CCCN(C(=O)CNc2ccccc2Cl)C1)c1cn[nH]c1NC. The van der Waals surface area contributed by atoms with Gasteiger partial charge in [0.05, 0.1) is 40.8 Å². The Morgan fingerprint density at radius 1 is 1.43 bits per heavy atom. The molecule has 30 heavy (non-hydrogen) atoms. The number of para-hydroxylation sites is 1. The predicted octanol–water partition coefficient (Wildman–Crippen LogP) is 3.96. The van der Waals surface area contributed by atoms with Crippen molar-refractivity contribution in [1.29, 1.82) is 0 Å². The van der Waals surface area contributed by atoms with E-state index in [-0.39, 0.29) is 18.5 Å². The number of benzene rings is 1. The van der Waals surface area contributed by atoms with Gasteiger partial charge in [0.25, 0.3) is 0 Å². The summed E-state index contributed by atoms with van der Waals surface area (Å²) in [6.07, 6.45) is 4.42. The molecule has 8 heteroatoms. The summed E-state index contributed by atoms with van der Waals surface area (Å²) in [5.74, 6) is 0.862. The lowest BCUT2D eigenvalue weighted by Gasteiger charge is -2.31. The van der Waals surface area contributed by atoms with E-state index in [4.69, 9.17) is 16.6 Å². The number of carbonyl (C=O) groups excluding carboxylic acids is 1. The second-order valence-electron chi connectivity index (χ2n) is 7.31. The van der Waals surface area contributed by atoms with Gasteiger partial charge in [-0.25, -0.2) is 0 Å². The minimum absolute atomic E-state index is 0.0286. The fourth-order valence-electron chi connectivity index (χ4n) is 3.53. The summed E-state index contributed by atoms with van der Waals surface area (Å²) in [5, 5.41) is 13.9. The van der Waals surface area contributed by atoms with Crippen LogP contribution in [0.15, 0.2) is 47.6 Å². The highest BCUT2D eigenvalue weighted by atomic mass is 35.5. The molecule has 1 aromatic heterocycles. The molecule has 1 saturated heterocycles. The van der Waals surface area contributed by atoms with Crippen molar-refractivity contribution in [3.63, 3.8) is 0 Å². The molecule has 1 aromatic carbocycles. The van der Waals surface area contributed by atoms with Crippen molar-refractivity contribution in [2.75, 3.05) is 37.3 Å². The number of piperidine rings is 1. The molecule has 2 heterocycles. The third-order valence-corrected chi connectivity index (χ3v) is 5.60. The molecule has 0 spiro atoms. The Hall–Kier alpha value is -2.80. The number of likely N-dealkylation sites (tertiary alicyclic amines) is 1. The molecule has 1 fully saturated rings. The van der Waals surface area contributed by atoms with Crippen LogP contribution in [0.4, 0.5) is 11.5 Å². The van der Waals surface area contributed by atoms with Crippen LogP contribution in [0.2, 0.25) is 5.02 Å². The molecule has 0 radical (unpaired) electrons. The van der Waals surface area contributed by atoms with Crippen LogP contribution in [0.5, 0.6) is 0 Å². The molecule has 1 unspecified atom stereocenters. The number of amides is 1. The van der Waals surface area contributed by atoms with Crippen molar-refractivity contribution in [2.45, 2.75) is 32.2 Å². The quantitative estimate of drug-likeness (QED) is 0.555. The number of hydrogen-bond acceptors (Lipinski definition) is 5. The number of anilines is 2. The summed E-state index contributed by atoms with van der Waals surface area (Å²) in [7, 11) is 1.84. The van der Waals surface area contributed by atoms with Crippen LogP contribution < -0.4 is 10.6 Å². The lowest BCUT2D eigenvalue weighted by Crippen LogP contribution is -2.44. The van der Waals surface area contributed by atoms with E-state index in [0.29, 0.717) is 11.6 Å². The maximum Gasteiger partial charge on any atom is 0.241 e. The Balaban J connectivity index is 1.70. The summed E-state index contributed by atoms with van der Waals surface area (Å²) in [4.78, 5) is 19.6. The Labute approximate surface area is 182 Å². The zero-order chi connectivity index (χ0) is 21.5. The van der Waals surface area contributed by atoms with E-state index in [1.165, 1.54) is 0 Å². The Kier molecular flexibility index (Phi) is 7.52. The number of carbonyl (C=O) groups is 1. The number of allylic oxidation sites excluding steroid dienone is 1. The summed E-state index contributed by atoms with van der Waals surface area (Å²) < 4.78 is 0. The van der Waals surface area contributed by atoms with Crippen molar-refractivity contribution in [3.8, 4) is 0 Å². The first kappa shape index (κ1) is 21.9. The number of rotatable bonds is 8. The van der Waals surface area contributed by atoms with Crippen molar-refractivity contribution in [1.82, 2.24) is 15.1 Å². The maximum absolute atomic E-state index is 12.8. The van der Waals surface area contributed by atoms with Crippen LogP contribution >= 0.6 is 11.6 Å². The van der Waals surface area contributed by atoms with Crippen LogP contribution in [-0.4, -0.2) is 59.4 Å². The first-order valence-corrected chi connectivity index (χ1v) is 10.6. The van der Waals surface area contributed by atoms with E-state index < -0.39 is 0 Å². The van der Waals surface area contributed by atoms with E-state index in [9.17, 15) is 4.79 Å². The van der Waals surface area contributed by atoms with Crippen LogP contribution in [0.25, 0.3) is 0 Å². The molecule has 1 atom stereocenters. The van der Waals surface area contributed by atoms with Gasteiger partial charge in [-0.15, -0.1) is 0 Å². The van der Waals surface area contributed by atoms with Crippen LogP contribution in [-0.2, 0) is 4.79 Å². The first-order valence-electron chi connectivity index (χ1n) is 10.3. The zero-order valence-electron chi connectivity index (χ0n) is 17.5. The fourth-order valence-corrected chi connectivity index (χ4v) is 3.73. The number of halogens is 1. The molecular weight excluding hydrogens is 400 g/mol. The van der Waals surface area contributed by atoms with Gasteiger partial charge < -0.3 is 15.5 Å². The number of nitrogens with zero attached hydrogens (tertiary/aromatic N) is 3. The number of aromatic nitrogens is 2. The zero-order valence-corrected chi connectivity index (χ0v) is 18.3. The number of H-pyrrole nitrogens is 1. The summed E-state index contributed by atoms with van der Waals surface area (Å²) in [6.45, 7) is 7.80. The van der Waals surface area contributed by atoms with Gasteiger partial charge in [-0.1, -0.05) is 37.2 Å². The van der Waals surface area contributed by atoms with Gasteiger partial charge in [-0.05, 0) is 37.0 Å². The van der Waals surface area contributed by atoms with E-state index in [0.717, 1.165) is 54.2 Å². The Morgan fingerprint density at radius 2 is 2.23 bits per heavy atom. The highest BCUT2D eigenvalue weighted by Crippen LogP contribution is 2.22. The van der Waals surface area contributed by atoms with Gasteiger partial charge in [-0.3, -0.25) is 14.9 Å². The molecule has 1 aliphatic rings. The van der Waals surface area contributed by atoms with Crippen LogP contribution in [0, 0.1) is 0 Å². The molecule has 0 saturated carbocycles. The lowest BCUT2D eigenvalue weighted by molar-refractivity contribution is -0.130. The molecular formula is C22H29ClN6O. The lowest BCUT2D eigenvalue weighted by atomic mass is 10.0. The number of aromatic amines is 1. The van der Waals surface area contributed by atoms with Crippen molar-refractivity contribution < 1.29 is 4.79 Å². The minimum Gasteiger partial charge on any atom is -0.375 e. The average Bonchev–Trinajstić information content (AvgIpc) is 3.25. The van der Waals surface area contributed by atoms with E-state index >= 15 is 0 Å². The second-order valence-corrected chi connectivity index (χ2v) is 7.72. The van der Waals surface area contributed by atoms with E-state index in [1.54, 1.807) is 12.3 Å². The first-order chi connectivity index (χ1) is 14.5. The largest absolute Gasteiger partial charge is 0.375 e. The van der Waals surface area contributed by atoms with Crippen molar-refractivity contribution >= 4 is 34.7 Å². The third-order valence-electron chi connectivity index (χ3n) is 5.27. The van der Waals surface area contributed by atoms with Crippen molar-refractivity contribution in [3.05, 3.63) is 53.2 Å². The predicted molar refractivity (Wildman–Crippen MR) is 124 cm³/mol. The summed E-state index contributed by atoms with van der Waals surface area (Å²) >= 11 is 6.16. The molecule has 2 aromatic rings. The van der Waals surface area contributed by atoms with E-state index in [1.807, 2.05) is 30.1 Å². The fraction of sp³-hybridized carbons (Fsp3) is 0.409. The molecule has 160 valence electrons. The molecule has 1 aliphatic heterocycles. The average molecular weight is 429 g/mol. The minimum atomic E-state index is 0.0286. The standard InChI is InChI=1S/C22H29ClN6O/c1-4-15(2)21(17-12-26-28-22(17)24-3)27-16-8-7-11-29(14-16)20(30)13-25-19-10-6-5-9-18(19)23/h5-6,9-10,12,16,25H,2,4,7-8,11,13-14H2,1,3H3,(H2,24,26,28). The maximum atomic E-state index is 12.8. The van der Waals surface area contributed by atoms with Gasteiger partial charge in [0, 0.05) is 20.1 Å². The van der Waals surface area contributed by atoms with Gasteiger partial charge in [0.2, 0.25) is 5.91 Å². The summed E-state index contributed by atoms with van der Waals surface area (Å²) in [5.41, 5.74) is 3.48.